The molecule has 2 N–H and O–H groups in total. The van der Waals surface area contributed by atoms with Gasteiger partial charge in [0, 0.05) is 26.7 Å². The first-order valence-corrected chi connectivity index (χ1v) is 7.53. The van der Waals surface area contributed by atoms with Crippen molar-refractivity contribution in [2.75, 3.05) is 39.8 Å². The monoisotopic (exact) mass is 254 g/mol. The summed E-state index contributed by atoms with van der Waals surface area (Å²) in [7, 11) is 1.84. The molecule has 0 saturated carbocycles. The van der Waals surface area contributed by atoms with Crippen molar-refractivity contribution < 1.29 is 0 Å². The van der Waals surface area contributed by atoms with Gasteiger partial charge in [0.15, 0.2) is 5.96 Å². The molecule has 1 aliphatic rings. The van der Waals surface area contributed by atoms with Crippen molar-refractivity contribution in [3.8, 4) is 0 Å². The maximum atomic E-state index is 4.24. The molecule has 1 heterocycles. The van der Waals surface area contributed by atoms with Gasteiger partial charge in [0.05, 0.1) is 0 Å². The summed E-state index contributed by atoms with van der Waals surface area (Å²) < 4.78 is 0. The van der Waals surface area contributed by atoms with E-state index in [4.69, 9.17) is 0 Å². The number of hydrogen-bond donors (Lipinski definition) is 2. The Morgan fingerprint density at radius 1 is 1.06 bits per heavy atom. The first-order chi connectivity index (χ1) is 8.86. The molecule has 0 aromatic heterocycles. The van der Waals surface area contributed by atoms with E-state index < -0.39 is 0 Å². The van der Waals surface area contributed by atoms with Crippen LogP contribution in [0.1, 0.15) is 45.4 Å². The Kier molecular flexibility index (Phi) is 8.65. The molecule has 4 heteroatoms. The van der Waals surface area contributed by atoms with Crippen molar-refractivity contribution in [3.05, 3.63) is 0 Å². The zero-order chi connectivity index (χ0) is 13.1. The second-order valence-corrected chi connectivity index (χ2v) is 5.04. The van der Waals surface area contributed by atoms with Crippen molar-refractivity contribution in [1.82, 2.24) is 15.5 Å². The first kappa shape index (κ1) is 15.3. The molecule has 0 unspecified atom stereocenters. The van der Waals surface area contributed by atoms with Gasteiger partial charge in [-0.25, -0.2) is 0 Å². The first-order valence-electron chi connectivity index (χ1n) is 7.53. The van der Waals surface area contributed by atoms with Gasteiger partial charge in [0.2, 0.25) is 0 Å². The lowest BCUT2D eigenvalue weighted by atomic mass is 10.2. The largest absolute Gasteiger partial charge is 0.356 e. The second kappa shape index (κ2) is 10.2. The minimum Gasteiger partial charge on any atom is -0.356 e. The van der Waals surface area contributed by atoms with E-state index in [1.54, 1.807) is 0 Å². The van der Waals surface area contributed by atoms with Gasteiger partial charge in [0.25, 0.3) is 0 Å². The van der Waals surface area contributed by atoms with Crippen LogP contribution in [0.2, 0.25) is 0 Å². The van der Waals surface area contributed by atoms with Gasteiger partial charge in [-0.1, -0.05) is 26.2 Å². The Labute approximate surface area is 112 Å². The molecule has 0 aliphatic carbocycles. The van der Waals surface area contributed by atoms with Crippen molar-refractivity contribution >= 4 is 5.96 Å². The summed E-state index contributed by atoms with van der Waals surface area (Å²) in [5.41, 5.74) is 0. The lowest BCUT2D eigenvalue weighted by Gasteiger charge is -2.20. The van der Waals surface area contributed by atoms with Crippen LogP contribution in [0.3, 0.4) is 0 Å². The van der Waals surface area contributed by atoms with Crippen LogP contribution in [0.15, 0.2) is 4.99 Å². The summed E-state index contributed by atoms with van der Waals surface area (Å²) in [4.78, 5) is 6.81. The average Bonchev–Trinajstić information content (AvgIpc) is 2.66. The highest BCUT2D eigenvalue weighted by Gasteiger charge is 2.08. The summed E-state index contributed by atoms with van der Waals surface area (Å²) >= 11 is 0. The van der Waals surface area contributed by atoms with Crippen molar-refractivity contribution in [1.29, 1.82) is 0 Å². The van der Waals surface area contributed by atoms with Crippen LogP contribution in [-0.2, 0) is 0 Å². The molecular weight excluding hydrogens is 224 g/mol. The van der Waals surface area contributed by atoms with Gasteiger partial charge in [-0.2, -0.15) is 0 Å². The third kappa shape index (κ3) is 6.84. The van der Waals surface area contributed by atoms with E-state index in [1.807, 2.05) is 7.05 Å². The van der Waals surface area contributed by atoms with Crippen LogP contribution in [-0.4, -0.2) is 50.6 Å². The summed E-state index contributed by atoms with van der Waals surface area (Å²) in [6, 6.07) is 0. The Morgan fingerprint density at radius 3 is 2.33 bits per heavy atom. The normalized spacial score (nSPS) is 18.4. The van der Waals surface area contributed by atoms with E-state index in [0.717, 1.165) is 25.6 Å². The Bertz CT molecular complexity index is 220. The van der Waals surface area contributed by atoms with Crippen LogP contribution in [0.25, 0.3) is 0 Å². The molecule has 0 radical (unpaired) electrons. The van der Waals surface area contributed by atoms with Gasteiger partial charge < -0.3 is 15.5 Å². The molecule has 106 valence electrons. The van der Waals surface area contributed by atoms with E-state index in [1.165, 1.54) is 51.6 Å². The van der Waals surface area contributed by atoms with Crippen LogP contribution in [0.4, 0.5) is 0 Å². The third-order valence-electron chi connectivity index (χ3n) is 3.47. The second-order valence-electron chi connectivity index (χ2n) is 5.04. The van der Waals surface area contributed by atoms with Crippen molar-refractivity contribution in [3.63, 3.8) is 0 Å². The van der Waals surface area contributed by atoms with Gasteiger partial charge >= 0.3 is 0 Å². The topological polar surface area (TPSA) is 39.7 Å². The number of rotatable bonds is 6. The predicted octanol–water partition coefficient (Wildman–Crippen LogP) is 1.83. The SMILES string of the molecule is CCCCNC(=NC)NCCN1CCCCCC1. The number of likely N-dealkylation sites (tertiary alicyclic amines) is 1. The summed E-state index contributed by atoms with van der Waals surface area (Å²) in [5, 5.41) is 6.73. The number of unbranched alkanes of at least 4 members (excludes halogenated alkanes) is 1. The van der Waals surface area contributed by atoms with E-state index >= 15 is 0 Å². The Morgan fingerprint density at radius 2 is 1.72 bits per heavy atom. The van der Waals surface area contributed by atoms with E-state index in [-0.39, 0.29) is 0 Å². The third-order valence-corrected chi connectivity index (χ3v) is 3.47. The molecule has 18 heavy (non-hydrogen) atoms. The van der Waals surface area contributed by atoms with Crippen LogP contribution in [0.5, 0.6) is 0 Å². The fraction of sp³-hybridized carbons (Fsp3) is 0.929. The average molecular weight is 254 g/mol. The summed E-state index contributed by atoms with van der Waals surface area (Å²) in [6.45, 7) is 7.88. The highest BCUT2D eigenvalue weighted by atomic mass is 15.2. The maximum absolute atomic E-state index is 4.24. The number of guanidine groups is 1. The van der Waals surface area contributed by atoms with Crippen LogP contribution >= 0.6 is 0 Å². The highest BCUT2D eigenvalue weighted by Crippen LogP contribution is 2.08. The van der Waals surface area contributed by atoms with Crippen LogP contribution < -0.4 is 10.6 Å². The van der Waals surface area contributed by atoms with Crippen molar-refractivity contribution in [2.45, 2.75) is 45.4 Å². The quantitative estimate of drug-likeness (QED) is 0.431. The molecule has 0 amide bonds. The van der Waals surface area contributed by atoms with Crippen molar-refractivity contribution in [2.24, 2.45) is 4.99 Å². The van der Waals surface area contributed by atoms with E-state index in [9.17, 15) is 0 Å². The molecule has 1 saturated heterocycles. The molecule has 0 bridgehead atoms. The lowest BCUT2D eigenvalue weighted by Crippen LogP contribution is -2.42. The lowest BCUT2D eigenvalue weighted by molar-refractivity contribution is 0.289. The van der Waals surface area contributed by atoms with E-state index in [0.29, 0.717) is 0 Å². The molecule has 1 aliphatic heterocycles. The van der Waals surface area contributed by atoms with Gasteiger partial charge in [-0.3, -0.25) is 4.99 Å². The van der Waals surface area contributed by atoms with Gasteiger partial charge in [0.1, 0.15) is 0 Å². The fourth-order valence-electron chi connectivity index (χ4n) is 2.30. The smallest absolute Gasteiger partial charge is 0.191 e. The summed E-state index contributed by atoms with van der Waals surface area (Å²) in [6.07, 6.45) is 7.96. The number of nitrogens with zero attached hydrogens (tertiary/aromatic N) is 2. The molecule has 0 atom stereocenters. The highest BCUT2D eigenvalue weighted by molar-refractivity contribution is 5.79. The minimum absolute atomic E-state index is 0.943. The summed E-state index contributed by atoms with van der Waals surface area (Å²) in [5.74, 6) is 0.943. The minimum atomic E-state index is 0.943. The molecule has 1 fully saturated rings. The zero-order valence-electron chi connectivity index (χ0n) is 12.2. The van der Waals surface area contributed by atoms with Gasteiger partial charge in [-0.05, 0) is 32.4 Å². The standard InChI is InChI=1S/C14H30N4/c1-3-4-9-16-14(15-2)17-10-13-18-11-7-5-6-8-12-18/h3-13H2,1-2H3,(H2,15,16,17). The predicted molar refractivity (Wildman–Crippen MR) is 79.2 cm³/mol. The maximum Gasteiger partial charge on any atom is 0.191 e. The van der Waals surface area contributed by atoms with Crippen LogP contribution in [0, 0.1) is 0 Å². The fourth-order valence-corrected chi connectivity index (χ4v) is 2.30. The molecule has 4 nitrogen and oxygen atoms in total. The Hall–Kier alpha value is -0.770. The molecule has 0 aromatic rings. The molecular formula is C14H30N4. The van der Waals surface area contributed by atoms with E-state index in [2.05, 4.69) is 27.4 Å². The number of aliphatic imine (C=N–C) groups is 1. The zero-order valence-corrected chi connectivity index (χ0v) is 12.2. The molecule has 0 spiro atoms. The number of nitrogens with one attached hydrogen (secondary N) is 2. The van der Waals surface area contributed by atoms with Gasteiger partial charge in [-0.15, -0.1) is 0 Å². The molecule has 0 aromatic carbocycles. The Balaban J connectivity index is 2.10. The molecule has 1 rings (SSSR count). The number of hydrogen-bond acceptors (Lipinski definition) is 2.